The van der Waals surface area contributed by atoms with Crippen molar-refractivity contribution in [1.82, 2.24) is 14.4 Å². The molecule has 84 valence electrons. The van der Waals surface area contributed by atoms with Crippen LogP contribution in [0.2, 0.25) is 0 Å². The lowest BCUT2D eigenvalue weighted by atomic mass is 10.3. The van der Waals surface area contributed by atoms with Crippen molar-refractivity contribution in [2.45, 2.75) is 6.54 Å². The highest BCUT2D eigenvalue weighted by Crippen LogP contribution is 2.00. The molecule has 0 spiro atoms. The molecule has 1 saturated heterocycles. The smallest absolute Gasteiger partial charge is 0.234 e. The van der Waals surface area contributed by atoms with Crippen molar-refractivity contribution < 1.29 is 9.64 Å². The van der Waals surface area contributed by atoms with Gasteiger partial charge in [0.15, 0.2) is 0 Å². The van der Waals surface area contributed by atoms with Gasteiger partial charge in [-0.15, -0.1) is 0 Å². The molecular formula is C11H15N4O+. The first-order chi connectivity index (χ1) is 7.92. The van der Waals surface area contributed by atoms with Crippen LogP contribution in [0.5, 0.6) is 0 Å². The molecule has 0 amide bonds. The van der Waals surface area contributed by atoms with Gasteiger partial charge < -0.3 is 9.64 Å². The molecule has 2 aromatic heterocycles. The molecule has 1 aliphatic heterocycles. The summed E-state index contributed by atoms with van der Waals surface area (Å²) in [7, 11) is 0. The van der Waals surface area contributed by atoms with Crippen molar-refractivity contribution in [3.8, 4) is 0 Å². The third-order valence-electron chi connectivity index (χ3n) is 2.92. The standard InChI is InChI=1S/C11H14N4O/c1-2-12-11-13-10(9-15(11)3-1)8-14-4-6-16-7-5-14/h1-3,9H,4-8H2/p+1. The van der Waals surface area contributed by atoms with E-state index in [2.05, 4.69) is 16.2 Å². The number of nitrogens with zero attached hydrogens (tertiary/aromatic N) is 3. The molecule has 1 fully saturated rings. The molecule has 3 rings (SSSR count). The van der Waals surface area contributed by atoms with Crippen molar-refractivity contribution in [2.75, 3.05) is 26.3 Å². The largest absolute Gasteiger partial charge is 0.370 e. The Morgan fingerprint density at radius 2 is 2.25 bits per heavy atom. The summed E-state index contributed by atoms with van der Waals surface area (Å²) in [4.78, 5) is 10.2. The number of fused-ring (bicyclic) bond motifs is 1. The van der Waals surface area contributed by atoms with Crippen molar-refractivity contribution in [2.24, 2.45) is 0 Å². The van der Waals surface area contributed by atoms with E-state index in [9.17, 15) is 0 Å². The molecule has 0 aliphatic carbocycles. The SMILES string of the molecule is c1cnc2nc(C[NH+]3CCOCC3)cn2c1. The maximum atomic E-state index is 5.34. The average Bonchev–Trinajstić information content (AvgIpc) is 2.72. The lowest BCUT2D eigenvalue weighted by Crippen LogP contribution is -3.12. The number of ether oxygens (including phenoxy) is 1. The zero-order valence-electron chi connectivity index (χ0n) is 9.09. The van der Waals surface area contributed by atoms with Crippen molar-refractivity contribution in [1.29, 1.82) is 0 Å². The molecule has 0 saturated carbocycles. The van der Waals surface area contributed by atoms with Gasteiger partial charge in [0.05, 0.1) is 13.2 Å². The van der Waals surface area contributed by atoms with E-state index in [1.54, 1.807) is 6.20 Å². The van der Waals surface area contributed by atoms with Crippen LogP contribution in [0, 0.1) is 0 Å². The zero-order chi connectivity index (χ0) is 10.8. The topological polar surface area (TPSA) is 43.9 Å². The van der Waals surface area contributed by atoms with Crippen LogP contribution in [0.25, 0.3) is 5.78 Å². The van der Waals surface area contributed by atoms with Crippen LogP contribution >= 0.6 is 0 Å². The number of morpholine rings is 1. The van der Waals surface area contributed by atoms with Gasteiger partial charge in [0, 0.05) is 18.6 Å². The summed E-state index contributed by atoms with van der Waals surface area (Å²) in [5.41, 5.74) is 1.11. The maximum Gasteiger partial charge on any atom is 0.234 e. The van der Waals surface area contributed by atoms with Crippen LogP contribution in [-0.2, 0) is 11.3 Å². The highest BCUT2D eigenvalue weighted by atomic mass is 16.5. The van der Waals surface area contributed by atoms with Gasteiger partial charge in [-0.05, 0) is 6.07 Å². The van der Waals surface area contributed by atoms with Gasteiger partial charge in [0.2, 0.25) is 5.78 Å². The van der Waals surface area contributed by atoms with Crippen LogP contribution in [0.3, 0.4) is 0 Å². The van der Waals surface area contributed by atoms with E-state index in [-0.39, 0.29) is 0 Å². The minimum Gasteiger partial charge on any atom is -0.370 e. The van der Waals surface area contributed by atoms with Gasteiger partial charge in [-0.25, -0.2) is 9.97 Å². The van der Waals surface area contributed by atoms with Gasteiger partial charge >= 0.3 is 0 Å². The summed E-state index contributed by atoms with van der Waals surface area (Å²) in [6.45, 7) is 4.83. The minimum absolute atomic E-state index is 0.783. The number of rotatable bonds is 2. The van der Waals surface area contributed by atoms with Gasteiger partial charge in [-0.2, -0.15) is 0 Å². The van der Waals surface area contributed by atoms with Crippen LogP contribution in [0.4, 0.5) is 0 Å². The Bertz CT molecular complexity index is 443. The van der Waals surface area contributed by atoms with E-state index in [4.69, 9.17) is 4.74 Å². The van der Waals surface area contributed by atoms with Gasteiger partial charge in [0.25, 0.3) is 0 Å². The van der Waals surface area contributed by atoms with Gasteiger partial charge in [0.1, 0.15) is 25.3 Å². The summed E-state index contributed by atoms with van der Waals surface area (Å²) in [5.74, 6) is 0.783. The molecule has 3 heterocycles. The predicted molar refractivity (Wildman–Crippen MR) is 58.2 cm³/mol. The molecule has 0 radical (unpaired) electrons. The number of hydrogen-bond donors (Lipinski definition) is 1. The molecule has 0 atom stereocenters. The summed E-state index contributed by atoms with van der Waals surface area (Å²) in [6.07, 6.45) is 5.81. The monoisotopic (exact) mass is 219 g/mol. The van der Waals surface area contributed by atoms with E-state index in [1.165, 1.54) is 4.90 Å². The molecule has 0 bridgehead atoms. The number of aromatic nitrogens is 3. The quantitative estimate of drug-likeness (QED) is 0.715. The normalized spacial score (nSPS) is 18.0. The van der Waals surface area contributed by atoms with Gasteiger partial charge in [-0.3, -0.25) is 4.40 Å². The number of quaternary nitrogens is 1. The molecule has 0 unspecified atom stereocenters. The lowest BCUT2D eigenvalue weighted by Gasteiger charge is -2.22. The maximum absolute atomic E-state index is 5.34. The minimum atomic E-state index is 0.783. The van der Waals surface area contributed by atoms with Crippen LogP contribution in [0.1, 0.15) is 5.69 Å². The Morgan fingerprint density at radius 3 is 3.06 bits per heavy atom. The zero-order valence-corrected chi connectivity index (χ0v) is 9.09. The first-order valence-electron chi connectivity index (χ1n) is 5.62. The average molecular weight is 219 g/mol. The van der Waals surface area contributed by atoms with Crippen LogP contribution < -0.4 is 4.90 Å². The number of imidazole rings is 1. The molecule has 1 aliphatic rings. The van der Waals surface area contributed by atoms with Crippen molar-refractivity contribution in [3.63, 3.8) is 0 Å². The fourth-order valence-corrected chi connectivity index (χ4v) is 2.06. The summed E-state index contributed by atoms with van der Waals surface area (Å²) in [5, 5.41) is 0. The van der Waals surface area contributed by atoms with E-state index >= 15 is 0 Å². The van der Waals surface area contributed by atoms with E-state index in [0.717, 1.165) is 44.3 Å². The lowest BCUT2D eigenvalue weighted by molar-refractivity contribution is -0.921. The molecule has 16 heavy (non-hydrogen) atoms. The summed E-state index contributed by atoms with van der Waals surface area (Å²) in [6, 6.07) is 1.92. The van der Waals surface area contributed by atoms with E-state index < -0.39 is 0 Å². The summed E-state index contributed by atoms with van der Waals surface area (Å²) < 4.78 is 7.31. The molecular weight excluding hydrogens is 204 g/mol. The first-order valence-corrected chi connectivity index (χ1v) is 5.62. The fraction of sp³-hybridized carbons (Fsp3) is 0.455. The molecule has 2 aromatic rings. The highest BCUT2D eigenvalue weighted by molar-refractivity contribution is 5.29. The first kappa shape index (κ1) is 9.74. The molecule has 5 heteroatoms. The third-order valence-corrected chi connectivity index (χ3v) is 2.92. The molecule has 5 nitrogen and oxygen atoms in total. The molecule has 0 aromatic carbocycles. The van der Waals surface area contributed by atoms with Crippen LogP contribution in [0.15, 0.2) is 24.7 Å². The second-order valence-corrected chi connectivity index (χ2v) is 4.10. The Hall–Kier alpha value is -1.46. The van der Waals surface area contributed by atoms with Gasteiger partial charge in [-0.1, -0.05) is 0 Å². The Balaban J connectivity index is 1.78. The van der Waals surface area contributed by atoms with Crippen molar-refractivity contribution in [3.05, 3.63) is 30.4 Å². The second-order valence-electron chi connectivity index (χ2n) is 4.10. The number of nitrogens with one attached hydrogen (secondary N) is 1. The molecule has 1 N–H and O–H groups in total. The Morgan fingerprint density at radius 1 is 1.38 bits per heavy atom. The number of hydrogen-bond acceptors (Lipinski definition) is 3. The highest BCUT2D eigenvalue weighted by Gasteiger charge is 2.15. The van der Waals surface area contributed by atoms with Crippen molar-refractivity contribution >= 4 is 5.78 Å². The summed E-state index contributed by atoms with van der Waals surface area (Å²) >= 11 is 0. The predicted octanol–water partition coefficient (Wildman–Crippen LogP) is -0.856. The van der Waals surface area contributed by atoms with E-state index in [0.29, 0.717) is 0 Å². The van der Waals surface area contributed by atoms with Crippen LogP contribution in [-0.4, -0.2) is 40.7 Å². The Kier molecular flexibility index (Phi) is 2.55. The third kappa shape index (κ3) is 1.91. The fourth-order valence-electron chi connectivity index (χ4n) is 2.06. The Labute approximate surface area is 93.7 Å². The second kappa shape index (κ2) is 4.19. The van der Waals surface area contributed by atoms with E-state index in [1.807, 2.05) is 16.7 Å².